The van der Waals surface area contributed by atoms with Crippen molar-refractivity contribution >= 4 is 34.1 Å². The number of fused-ring (bicyclic) bond motifs is 1. The van der Waals surface area contributed by atoms with Crippen molar-refractivity contribution in [2.45, 2.75) is 26.2 Å². The molecule has 0 saturated carbocycles. The topological polar surface area (TPSA) is 85.6 Å². The molecule has 7 nitrogen and oxygen atoms in total. The molecule has 1 N–H and O–H groups in total. The molecular formula is C21H19ClN6O. The van der Waals surface area contributed by atoms with E-state index in [1.807, 2.05) is 51.1 Å². The lowest BCUT2D eigenvalue weighted by Gasteiger charge is -2.13. The molecule has 1 amide bonds. The zero-order chi connectivity index (χ0) is 20.6. The van der Waals surface area contributed by atoms with Crippen molar-refractivity contribution in [1.82, 2.24) is 24.7 Å². The second-order valence-corrected chi connectivity index (χ2v) is 7.96. The summed E-state index contributed by atoms with van der Waals surface area (Å²) in [4.78, 5) is 25.7. The lowest BCUT2D eigenvalue weighted by molar-refractivity contribution is 0.102. The van der Waals surface area contributed by atoms with E-state index in [1.165, 1.54) is 4.68 Å². The molecule has 0 atom stereocenters. The number of aromatic nitrogens is 5. The molecule has 0 unspecified atom stereocenters. The van der Waals surface area contributed by atoms with E-state index in [2.05, 4.69) is 25.4 Å². The molecule has 0 spiro atoms. The Balaban J connectivity index is 1.74. The van der Waals surface area contributed by atoms with Crippen LogP contribution < -0.4 is 5.32 Å². The van der Waals surface area contributed by atoms with Gasteiger partial charge in [0.15, 0.2) is 0 Å². The lowest BCUT2D eigenvalue weighted by Crippen LogP contribution is -2.17. The highest BCUT2D eigenvalue weighted by molar-refractivity contribution is 6.34. The molecule has 29 heavy (non-hydrogen) atoms. The highest BCUT2D eigenvalue weighted by Gasteiger charge is 2.23. The van der Waals surface area contributed by atoms with E-state index >= 15 is 0 Å². The Kier molecular flexibility index (Phi) is 4.76. The predicted molar refractivity (Wildman–Crippen MR) is 113 cm³/mol. The van der Waals surface area contributed by atoms with Gasteiger partial charge in [-0.3, -0.25) is 4.79 Å². The number of hydrogen-bond acceptors (Lipinski definition) is 5. The van der Waals surface area contributed by atoms with E-state index < -0.39 is 5.91 Å². The van der Waals surface area contributed by atoms with Crippen LogP contribution >= 0.6 is 11.6 Å². The lowest BCUT2D eigenvalue weighted by atomic mass is 9.92. The van der Waals surface area contributed by atoms with E-state index in [1.54, 1.807) is 24.5 Å². The molecular weight excluding hydrogens is 388 g/mol. The summed E-state index contributed by atoms with van der Waals surface area (Å²) >= 11 is 6.27. The number of carbonyl (C=O) groups excluding carboxylic acids is 1. The van der Waals surface area contributed by atoms with Crippen LogP contribution in [0.15, 0.2) is 54.9 Å². The maximum absolute atomic E-state index is 12.9. The van der Waals surface area contributed by atoms with Crippen LogP contribution in [-0.2, 0) is 5.41 Å². The van der Waals surface area contributed by atoms with Gasteiger partial charge < -0.3 is 5.32 Å². The molecule has 0 radical (unpaired) electrons. The van der Waals surface area contributed by atoms with E-state index in [0.29, 0.717) is 11.8 Å². The number of hydrogen-bond donors (Lipinski definition) is 1. The van der Waals surface area contributed by atoms with Crippen LogP contribution in [0, 0.1) is 0 Å². The van der Waals surface area contributed by atoms with E-state index in [0.717, 1.165) is 16.5 Å². The van der Waals surface area contributed by atoms with Gasteiger partial charge in [-0.05, 0) is 17.5 Å². The zero-order valence-corrected chi connectivity index (χ0v) is 17.0. The summed E-state index contributed by atoms with van der Waals surface area (Å²) in [6.45, 7) is 6.13. The minimum atomic E-state index is -0.393. The van der Waals surface area contributed by atoms with Gasteiger partial charge in [0.05, 0.1) is 5.69 Å². The number of benzene rings is 1. The number of anilines is 1. The third-order valence-corrected chi connectivity index (χ3v) is 4.68. The van der Waals surface area contributed by atoms with E-state index in [9.17, 15) is 4.79 Å². The van der Waals surface area contributed by atoms with Crippen LogP contribution in [0.2, 0.25) is 5.15 Å². The summed E-state index contributed by atoms with van der Waals surface area (Å²) in [5.41, 5.74) is 0.793. The quantitative estimate of drug-likeness (QED) is 0.509. The molecule has 0 aliphatic carbocycles. The first-order valence-electron chi connectivity index (χ1n) is 9.07. The molecule has 0 bridgehead atoms. The number of amides is 1. The van der Waals surface area contributed by atoms with Crippen LogP contribution in [0.4, 0.5) is 5.82 Å². The third kappa shape index (κ3) is 3.82. The highest BCUT2D eigenvalue weighted by Crippen LogP contribution is 2.26. The Morgan fingerprint density at radius 1 is 1.07 bits per heavy atom. The maximum Gasteiger partial charge on any atom is 0.275 e. The van der Waals surface area contributed by atoms with Gasteiger partial charge in [-0.1, -0.05) is 56.6 Å². The van der Waals surface area contributed by atoms with Gasteiger partial charge in [0, 0.05) is 29.3 Å². The summed E-state index contributed by atoms with van der Waals surface area (Å²) < 4.78 is 1.52. The molecule has 0 aliphatic rings. The highest BCUT2D eigenvalue weighted by atomic mass is 35.5. The second-order valence-electron chi connectivity index (χ2n) is 7.60. The van der Waals surface area contributed by atoms with Gasteiger partial charge >= 0.3 is 0 Å². The first kappa shape index (κ1) is 19.0. The van der Waals surface area contributed by atoms with Gasteiger partial charge in [0.1, 0.15) is 16.7 Å². The van der Waals surface area contributed by atoms with Crippen LogP contribution in [-0.4, -0.2) is 30.6 Å². The molecule has 1 aromatic carbocycles. The Hall–Kier alpha value is -3.32. The second kappa shape index (κ2) is 7.25. The van der Waals surface area contributed by atoms with Gasteiger partial charge in [0.25, 0.3) is 11.9 Å². The molecule has 4 rings (SSSR count). The minimum Gasteiger partial charge on any atom is -0.305 e. The molecule has 146 valence electrons. The van der Waals surface area contributed by atoms with E-state index in [4.69, 9.17) is 11.6 Å². The average molecular weight is 407 g/mol. The van der Waals surface area contributed by atoms with Crippen LogP contribution in [0.3, 0.4) is 0 Å². The van der Waals surface area contributed by atoms with Gasteiger partial charge in [-0.2, -0.15) is 9.78 Å². The van der Waals surface area contributed by atoms with Gasteiger partial charge in [-0.25, -0.2) is 15.0 Å². The van der Waals surface area contributed by atoms with Crippen molar-refractivity contribution in [2.75, 3.05) is 5.32 Å². The van der Waals surface area contributed by atoms with E-state index in [-0.39, 0.29) is 16.3 Å². The molecule has 0 fully saturated rings. The van der Waals surface area contributed by atoms with Gasteiger partial charge in [-0.15, -0.1) is 0 Å². The predicted octanol–water partition coefficient (Wildman–Crippen LogP) is 4.41. The number of rotatable bonds is 3. The Bertz CT molecular complexity index is 1200. The summed E-state index contributed by atoms with van der Waals surface area (Å²) in [6.07, 6.45) is 3.24. The molecule has 3 heterocycles. The maximum atomic E-state index is 12.9. The monoisotopic (exact) mass is 406 g/mol. The number of nitrogens with one attached hydrogen (secondary N) is 1. The molecule has 0 saturated heterocycles. The molecule has 0 aliphatic heterocycles. The largest absolute Gasteiger partial charge is 0.305 e. The van der Waals surface area contributed by atoms with Crippen LogP contribution in [0.25, 0.3) is 16.7 Å². The van der Waals surface area contributed by atoms with Crippen molar-refractivity contribution in [3.05, 3.63) is 71.4 Å². The number of pyridine rings is 1. The normalized spacial score (nSPS) is 11.6. The molecule has 8 heteroatoms. The van der Waals surface area contributed by atoms with Crippen molar-refractivity contribution in [3.63, 3.8) is 0 Å². The SMILES string of the molecule is CC(C)(C)c1cc(NC(=O)c2cc3ccccc3c(Cl)n2)n(-c2ncccn2)n1. The summed E-state index contributed by atoms with van der Waals surface area (Å²) in [5.74, 6) is 0.426. The van der Waals surface area contributed by atoms with Crippen molar-refractivity contribution in [3.8, 4) is 5.95 Å². The van der Waals surface area contributed by atoms with Crippen molar-refractivity contribution in [1.29, 1.82) is 0 Å². The first-order valence-corrected chi connectivity index (χ1v) is 9.45. The number of halogens is 1. The summed E-state index contributed by atoms with van der Waals surface area (Å²) in [6, 6.07) is 12.8. The van der Waals surface area contributed by atoms with Crippen LogP contribution in [0.1, 0.15) is 37.0 Å². The summed E-state index contributed by atoms with van der Waals surface area (Å²) in [7, 11) is 0. The van der Waals surface area contributed by atoms with Crippen molar-refractivity contribution < 1.29 is 4.79 Å². The van der Waals surface area contributed by atoms with Crippen molar-refractivity contribution in [2.24, 2.45) is 0 Å². The zero-order valence-electron chi connectivity index (χ0n) is 16.2. The Morgan fingerprint density at radius 2 is 1.79 bits per heavy atom. The minimum absolute atomic E-state index is 0.215. The standard InChI is InChI=1S/C21H19ClN6O/c1-21(2,3)16-12-17(28(27-16)20-23-9-6-10-24-20)26-19(29)15-11-13-7-4-5-8-14(13)18(22)25-15/h4-12H,1-3H3,(H,26,29). The first-order chi connectivity index (χ1) is 13.8. The third-order valence-electron chi connectivity index (χ3n) is 4.39. The Labute approximate surface area is 172 Å². The van der Waals surface area contributed by atoms with Gasteiger partial charge in [0.2, 0.25) is 0 Å². The average Bonchev–Trinajstić information content (AvgIpc) is 3.13. The molecule has 4 aromatic rings. The number of nitrogens with zero attached hydrogens (tertiary/aromatic N) is 5. The van der Waals surface area contributed by atoms with Crippen LogP contribution in [0.5, 0.6) is 0 Å². The fraction of sp³-hybridized carbons (Fsp3) is 0.190. The molecule has 3 aromatic heterocycles. The Morgan fingerprint density at radius 3 is 2.52 bits per heavy atom. The smallest absolute Gasteiger partial charge is 0.275 e. The fourth-order valence-corrected chi connectivity index (χ4v) is 3.11. The fourth-order valence-electron chi connectivity index (χ4n) is 2.84. The number of carbonyl (C=O) groups is 1. The summed E-state index contributed by atoms with van der Waals surface area (Å²) in [5, 5.41) is 9.38.